The number of methoxy groups -OCH3 is 1. The van der Waals surface area contributed by atoms with Crippen LogP contribution in [-0.4, -0.2) is 35.3 Å². The highest BCUT2D eigenvalue weighted by atomic mass is 79.9. The molecule has 0 bridgehead atoms. The summed E-state index contributed by atoms with van der Waals surface area (Å²) >= 11 is 3.28. The van der Waals surface area contributed by atoms with E-state index in [2.05, 4.69) is 31.2 Å². The van der Waals surface area contributed by atoms with Crippen LogP contribution in [0, 0.1) is 0 Å². The molecule has 0 aromatic carbocycles. The fourth-order valence-electron chi connectivity index (χ4n) is 1.02. The predicted molar refractivity (Wildman–Crippen MR) is 59.7 cm³/mol. The molecule has 0 amide bonds. The molecular weight excluding hydrogens is 262 g/mol. The molecule has 0 unspecified atom stereocenters. The molecule has 0 spiro atoms. The minimum Gasteiger partial charge on any atom is -0.480 e. The van der Waals surface area contributed by atoms with Crippen LogP contribution in [0.5, 0.6) is 5.88 Å². The highest BCUT2D eigenvalue weighted by Crippen LogP contribution is 2.20. The molecule has 1 aromatic rings. The first-order chi connectivity index (χ1) is 7.27. The number of rotatable bonds is 6. The van der Waals surface area contributed by atoms with Crippen LogP contribution in [0.1, 0.15) is 12.2 Å². The van der Waals surface area contributed by atoms with E-state index in [1.54, 1.807) is 13.3 Å². The van der Waals surface area contributed by atoms with Gasteiger partial charge in [0.25, 0.3) is 0 Å². The molecule has 6 heteroatoms. The summed E-state index contributed by atoms with van der Waals surface area (Å²) in [7, 11) is 1.57. The SMILES string of the molecule is COc1nc(CNCCCO)ncc1Br. The summed E-state index contributed by atoms with van der Waals surface area (Å²) in [6, 6.07) is 0. The van der Waals surface area contributed by atoms with Crippen LogP contribution < -0.4 is 10.1 Å². The Labute approximate surface area is 97.0 Å². The molecule has 0 aliphatic heterocycles. The van der Waals surface area contributed by atoms with E-state index >= 15 is 0 Å². The molecule has 0 saturated heterocycles. The van der Waals surface area contributed by atoms with Gasteiger partial charge in [-0.15, -0.1) is 0 Å². The van der Waals surface area contributed by atoms with Crippen LogP contribution in [0.25, 0.3) is 0 Å². The topological polar surface area (TPSA) is 67.3 Å². The van der Waals surface area contributed by atoms with Crippen molar-refractivity contribution in [1.29, 1.82) is 0 Å². The minimum absolute atomic E-state index is 0.192. The van der Waals surface area contributed by atoms with Gasteiger partial charge in [-0.1, -0.05) is 0 Å². The van der Waals surface area contributed by atoms with Crippen LogP contribution >= 0.6 is 15.9 Å². The molecule has 84 valence electrons. The zero-order valence-corrected chi connectivity index (χ0v) is 10.1. The smallest absolute Gasteiger partial charge is 0.231 e. The van der Waals surface area contributed by atoms with E-state index in [-0.39, 0.29) is 6.61 Å². The summed E-state index contributed by atoms with van der Waals surface area (Å²) < 4.78 is 5.79. The number of aliphatic hydroxyl groups excluding tert-OH is 1. The average Bonchev–Trinajstić information content (AvgIpc) is 2.26. The van der Waals surface area contributed by atoms with Gasteiger partial charge in [0.1, 0.15) is 5.82 Å². The Bertz CT molecular complexity index is 309. The molecule has 1 aromatic heterocycles. The molecule has 0 saturated carbocycles. The van der Waals surface area contributed by atoms with Gasteiger partial charge in [0.15, 0.2) is 0 Å². The van der Waals surface area contributed by atoms with Crippen molar-refractivity contribution < 1.29 is 9.84 Å². The van der Waals surface area contributed by atoms with Gasteiger partial charge >= 0.3 is 0 Å². The lowest BCUT2D eigenvalue weighted by molar-refractivity contribution is 0.285. The molecule has 0 atom stereocenters. The van der Waals surface area contributed by atoms with Gasteiger partial charge in [0.2, 0.25) is 5.88 Å². The minimum atomic E-state index is 0.192. The third-order valence-electron chi connectivity index (χ3n) is 1.75. The van der Waals surface area contributed by atoms with Crippen molar-refractivity contribution in [3.05, 3.63) is 16.5 Å². The number of nitrogens with zero attached hydrogens (tertiary/aromatic N) is 2. The molecule has 0 aliphatic rings. The van der Waals surface area contributed by atoms with Crippen molar-refractivity contribution in [2.75, 3.05) is 20.3 Å². The van der Waals surface area contributed by atoms with Crippen LogP contribution in [0.4, 0.5) is 0 Å². The Balaban J connectivity index is 2.47. The first-order valence-corrected chi connectivity index (χ1v) is 5.44. The fraction of sp³-hybridized carbons (Fsp3) is 0.556. The average molecular weight is 276 g/mol. The summed E-state index contributed by atoms with van der Waals surface area (Å²) in [6.07, 6.45) is 2.39. The molecule has 0 fully saturated rings. The zero-order chi connectivity index (χ0) is 11.1. The van der Waals surface area contributed by atoms with Crippen LogP contribution in [-0.2, 0) is 6.54 Å². The first kappa shape index (κ1) is 12.4. The Morgan fingerprint density at radius 2 is 2.40 bits per heavy atom. The van der Waals surface area contributed by atoms with Crippen LogP contribution in [0.15, 0.2) is 10.7 Å². The number of hydrogen-bond donors (Lipinski definition) is 2. The second-order valence-electron chi connectivity index (χ2n) is 2.90. The van der Waals surface area contributed by atoms with E-state index in [1.165, 1.54) is 0 Å². The van der Waals surface area contributed by atoms with Crippen LogP contribution in [0.2, 0.25) is 0 Å². The molecule has 0 radical (unpaired) electrons. The number of aliphatic hydroxyl groups is 1. The molecule has 15 heavy (non-hydrogen) atoms. The monoisotopic (exact) mass is 275 g/mol. The summed E-state index contributed by atoms with van der Waals surface area (Å²) in [5, 5.41) is 11.7. The van der Waals surface area contributed by atoms with Gasteiger partial charge in [0, 0.05) is 12.8 Å². The first-order valence-electron chi connectivity index (χ1n) is 4.65. The van der Waals surface area contributed by atoms with Gasteiger partial charge in [-0.25, -0.2) is 4.98 Å². The molecule has 2 N–H and O–H groups in total. The number of nitrogens with one attached hydrogen (secondary N) is 1. The van der Waals surface area contributed by atoms with E-state index < -0.39 is 0 Å². The maximum absolute atomic E-state index is 8.58. The Hall–Kier alpha value is -0.720. The van der Waals surface area contributed by atoms with Gasteiger partial charge in [-0.2, -0.15) is 4.98 Å². The van der Waals surface area contributed by atoms with E-state index in [9.17, 15) is 0 Å². The Morgan fingerprint density at radius 3 is 3.07 bits per heavy atom. The second kappa shape index (κ2) is 6.71. The maximum Gasteiger partial charge on any atom is 0.231 e. The molecule has 5 nitrogen and oxygen atoms in total. The zero-order valence-electron chi connectivity index (χ0n) is 8.53. The molecule has 1 rings (SSSR count). The molecule has 0 aliphatic carbocycles. The summed E-state index contributed by atoms with van der Waals surface area (Å²) in [5.41, 5.74) is 0. The number of aromatic nitrogens is 2. The third kappa shape index (κ3) is 4.11. The van der Waals surface area contributed by atoms with Gasteiger partial charge < -0.3 is 15.2 Å². The lowest BCUT2D eigenvalue weighted by Gasteiger charge is -2.05. The lowest BCUT2D eigenvalue weighted by Crippen LogP contribution is -2.17. The van der Waals surface area contributed by atoms with Crippen molar-refractivity contribution >= 4 is 15.9 Å². The van der Waals surface area contributed by atoms with Crippen molar-refractivity contribution in [2.45, 2.75) is 13.0 Å². The van der Waals surface area contributed by atoms with Gasteiger partial charge in [-0.3, -0.25) is 0 Å². The van der Waals surface area contributed by atoms with Crippen molar-refractivity contribution in [2.24, 2.45) is 0 Å². The number of hydrogen-bond acceptors (Lipinski definition) is 5. The maximum atomic E-state index is 8.58. The fourth-order valence-corrected chi connectivity index (χ4v) is 1.37. The summed E-state index contributed by atoms with van der Waals surface area (Å²) in [6.45, 7) is 1.51. The van der Waals surface area contributed by atoms with Crippen molar-refractivity contribution in [3.63, 3.8) is 0 Å². The van der Waals surface area contributed by atoms with Gasteiger partial charge in [-0.05, 0) is 28.9 Å². The lowest BCUT2D eigenvalue weighted by atomic mass is 10.4. The standard InChI is InChI=1S/C9H14BrN3O2/c1-15-9-7(10)5-12-8(13-9)6-11-3-2-4-14/h5,11,14H,2-4,6H2,1H3. The largest absolute Gasteiger partial charge is 0.480 e. The predicted octanol–water partition coefficient (Wildman–Crippen LogP) is 0.720. The summed E-state index contributed by atoms with van der Waals surface area (Å²) in [5.74, 6) is 1.21. The second-order valence-corrected chi connectivity index (χ2v) is 3.75. The third-order valence-corrected chi connectivity index (χ3v) is 2.29. The van der Waals surface area contributed by atoms with E-state index in [4.69, 9.17) is 9.84 Å². The van der Waals surface area contributed by atoms with E-state index in [0.29, 0.717) is 18.2 Å². The normalized spacial score (nSPS) is 10.3. The quantitative estimate of drug-likeness (QED) is 0.749. The molecule has 1 heterocycles. The van der Waals surface area contributed by atoms with E-state index in [0.717, 1.165) is 17.4 Å². The highest BCUT2D eigenvalue weighted by Gasteiger charge is 2.04. The molecular formula is C9H14BrN3O2. The Kier molecular flexibility index (Phi) is 5.52. The van der Waals surface area contributed by atoms with E-state index in [1.807, 2.05) is 0 Å². The summed E-state index contributed by atoms with van der Waals surface area (Å²) in [4.78, 5) is 8.30. The van der Waals surface area contributed by atoms with Gasteiger partial charge in [0.05, 0.1) is 18.1 Å². The highest BCUT2D eigenvalue weighted by molar-refractivity contribution is 9.10. The number of halogens is 1. The number of ether oxygens (including phenoxy) is 1. The van der Waals surface area contributed by atoms with Crippen molar-refractivity contribution in [3.8, 4) is 5.88 Å². The van der Waals surface area contributed by atoms with Crippen LogP contribution in [0.3, 0.4) is 0 Å². The van der Waals surface area contributed by atoms with Crippen molar-refractivity contribution in [1.82, 2.24) is 15.3 Å². The Morgan fingerprint density at radius 1 is 1.60 bits per heavy atom.